The van der Waals surface area contributed by atoms with E-state index in [0.717, 1.165) is 23.2 Å². The summed E-state index contributed by atoms with van der Waals surface area (Å²) in [5.74, 6) is 0.703. The normalized spacial score (nSPS) is 20.9. The van der Waals surface area contributed by atoms with Gasteiger partial charge in [-0.05, 0) is 36.5 Å². The molecule has 0 saturated carbocycles. The molecule has 0 radical (unpaired) electrons. The third-order valence-corrected chi connectivity index (χ3v) is 5.50. The summed E-state index contributed by atoms with van der Waals surface area (Å²) in [6.07, 6.45) is 3.25. The SMILES string of the molecule is CC(C)C1CC=C(n2c(=S)[nH]c3cc(Cl)c(F)cc32)C1(C)C. The van der Waals surface area contributed by atoms with E-state index in [9.17, 15) is 4.39 Å². The van der Waals surface area contributed by atoms with Crippen molar-refractivity contribution in [2.75, 3.05) is 0 Å². The van der Waals surface area contributed by atoms with Crippen LogP contribution in [0.2, 0.25) is 5.02 Å². The van der Waals surface area contributed by atoms with Crippen molar-refractivity contribution in [2.24, 2.45) is 17.3 Å². The smallest absolute Gasteiger partial charge is 0.182 e. The average Bonchev–Trinajstić information content (AvgIpc) is 2.86. The topological polar surface area (TPSA) is 20.7 Å². The molecular weight excluding hydrogens is 319 g/mol. The summed E-state index contributed by atoms with van der Waals surface area (Å²) in [5, 5.41) is 0.107. The van der Waals surface area contributed by atoms with Crippen LogP contribution in [0.4, 0.5) is 4.39 Å². The molecular formula is C17H20ClFN2S. The second kappa shape index (κ2) is 5.20. The van der Waals surface area contributed by atoms with Gasteiger partial charge in [-0.25, -0.2) is 4.39 Å². The van der Waals surface area contributed by atoms with Gasteiger partial charge in [-0.3, -0.25) is 4.57 Å². The quantitative estimate of drug-likeness (QED) is 0.662. The van der Waals surface area contributed by atoms with Crippen LogP contribution < -0.4 is 0 Å². The van der Waals surface area contributed by atoms with E-state index >= 15 is 0 Å². The van der Waals surface area contributed by atoms with Gasteiger partial charge in [0.15, 0.2) is 4.77 Å². The van der Waals surface area contributed by atoms with Crippen molar-refractivity contribution in [3.05, 3.63) is 33.8 Å². The lowest BCUT2D eigenvalue weighted by molar-refractivity contribution is 0.236. The number of hydrogen-bond acceptors (Lipinski definition) is 1. The first-order valence-electron chi connectivity index (χ1n) is 7.54. The monoisotopic (exact) mass is 338 g/mol. The molecule has 1 aliphatic carbocycles. The molecule has 1 aromatic carbocycles. The van der Waals surface area contributed by atoms with Crippen LogP contribution >= 0.6 is 23.8 Å². The van der Waals surface area contributed by atoms with Gasteiger partial charge in [0, 0.05) is 17.2 Å². The maximum absolute atomic E-state index is 13.9. The van der Waals surface area contributed by atoms with Crippen molar-refractivity contribution in [3.63, 3.8) is 0 Å². The molecule has 0 aliphatic heterocycles. The number of nitrogens with zero attached hydrogens (tertiary/aromatic N) is 1. The summed E-state index contributed by atoms with van der Waals surface area (Å²) in [4.78, 5) is 3.14. The Balaban J connectivity index is 2.22. The fourth-order valence-electron chi connectivity index (χ4n) is 3.81. The number of rotatable bonds is 2. The summed E-state index contributed by atoms with van der Waals surface area (Å²) in [6.45, 7) is 8.97. The summed E-state index contributed by atoms with van der Waals surface area (Å²) in [6, 6.07) is 3.06. The predicted molar refractivity (Wildman–Crippen MR) is 93.1 cm³/mol. The predicted octanol–water partition coefficient (Wildman–Crippen LogP) is 6.03. The maximum Gasteiger partial charge on any atom is 0.182 e. The third-order valence-electron chi connectivity index (χ3n) is 4.92. The van der Waals surface area contributed by atoms with Crippen molar-refractivity contribution in [2.45, 2.75) is 34.1 Å². The molecule has 1 N–H and O–H groups in total. The summed E-state index contributed by atoms with van der Waals surface area (Å²) in [7, 11) is 0. The molecule has 1 aromatic heterocycles. The first-order chi connectivity index (χ1) is 10.2. The van der Waals surface area contributed by atoms with Gasteiger partial charge >= 0.3 is 0 Å². The molecule has 0 spiro atoms. The number of fused-ring (bicyclic) bond motifs is 1. The number of imidazole rings is 1. The molecule has 118 valence electrons. The number of allylic oxidation sites excluding steroid dienone is 2. The average molecular weight is 339 g/mol. The highest BCUT2D eigenvalue weighted by molar-refractivity contribution is 7.71. The Morgan fingerprint density at radius 2 is 2.09 bits per heavy atom. The summed E-state index contributed by atoms with van der Waals surface area (Å²) in [5.41, 5.74) is 2.64. The first kappa shape index (κ1) is 15.8. The summed E-state index contributed by atoms with van der Waals surface area (Å²) < 4.78 is 16.5. The van der Waals surface area contributed by atoms with Gasteiger partial charge in [-0.15, -0.1) is 0 Å². The van der Waals surface area contributed by atoms with E-state index in [-0.39, 0.29) is 10.4 Å². The van der Waals surface area contributed by atoms with Crippen LogP contribution in [0.15, 0.2) is 18.2 Å². The van der Waals surface area contributed by atoms with Crippen molar-refractivity contribution in [1.82, 2.24) is 9.55 Å². The molecule has 1 heterocycles. The van der Waals surface area contributed by atoms with Crippen molar-refractivity contribution < 1.29 is 4.39 Å². The van der Waals surface area contributed by atoms with E-state index in [0.29, 0.717) is 16.6 Å². The minimum atomic E-state index is -0.422. The Kier molecular flexibility index (Phi) is 3.73. The van der Waals surface area contributed by atoms with Gasteiger partial charge in [0.1, 0.15) is 5.82 Å². The molecule has 2 aromatic rings. The number of aromatic amines is 1. The molecule has 2 nitrogen and oxygen atoms in total. The van der Waals surface area contributed by atoms with E-state index in [1.54, 1.807) is 6.07 Å². The zero-order chi connectivity index (χ0) is 16.2. The van der Waals surface area contributed by atoms with Crippen molar-refractivity contribution in [3.8, 4) is 0 Å². The van der Waals surface area contributed by atoms with Crippen LogP contribution in [0.3, 0.4) is 0 Å². The van der Waals surface area contributed by atoms with E-state index in [1.165, 1.54) is 6.07 Å². The number of halogens is 2. The van der Waals surface area contributed by atoms with Crippen LogP contribution in [0.1, 0.15) is 34.1 Å². The van der Waals surface area contributed by atoms with Gasteiger partial charge in [0.25, 0.3) is 0 Å². The molecule has 5 heteroatoms. The van der Waals surface area contributed by atoms with Crippen LogP contribution in [0.5, 0.6) is 0 Å². The second-order valence-corrected chi connectivity index (χ2v) is 7.74. The van der Waals surface area contributed by atoms with Gasteiger partial charge in [0.2, 0.25) is 0 Å². The number of hydrogen-bond donors (Lipinski definition) is 1. The molecule has 3 rings (SSSR count). The Morgan fingerprint density at radius 1 is 1.41 bits per heavy atom. The van der Waals surface area contributed by atoms with Gasteiger partial charge < -0.3 is 4.98 Å². The van der Waals surface area contributed by atoms with Crippen molar-refractivity contribution >= 4 is 40.5 Å². The molecule has 0 amide bonds. The fourth-order valence-corrected chi connectivity index (χ4v) is 4.28. The largest absolute Gasteiger partial charge is 0.330 e. The zero-order valence-corrected chi connectivity index (χ0v) is 14.8. The van der Waals surface area contributed by atoms with Gasteiger partial charge in [-0.2, -0.15) is 0 Å². The molecule has 1 unspecified atom stereocenters. The molecule has 0 bridgehead atoms. The second-order valence-electron chi connectivity index (χ2n) is 6.95. The molecule has 22 heavy (non-hydrogen) atoms. The van der Waals surface area contributed by atoms with E-state index in [4.69, 9.17) is 23.8 Å². The summed E-state index contributed by atoms with van der Waals surface area (Å²) >= 11 is 11.4. The first-order valence-corrected chi connectivity index (χ1v) is 8.33. The van der Waals surface area contributed by atoms with E-state index < -0.39 is 5.82 Å². The Morgan fingerprint density at radius 3 is 2.68 bits per heavy atom. The number of aromatic nitrogens is 2. The Labute approximate surface area is 140 Å². The zero-order valence-electron chi connectivity index (χ0n) is 13.2. The van der Waals surface area contributed by atoms with Crippen LogP contribution in [0, 0.1) is 27.8 Å². The lowest BCUT2D eigenvalue weighted by atomic mass is 9.74. The van der Waals surface area contributed by atoms with Gasteiger partial charge in [0.05, 0.1) is 16.1 Å². The minimum absolute atomic E-state index is 0.0162. The molecule has 0 saturated heterocycles. The van der Waals surface area contributed by atoms with Crippen LogP contribution in [-0.4, -0.2) is 9.55 Å². The van der Waals surface area contributed by atoms with E-state index in [2.05, 4.69) is 38.8 Å². The van der Waals surface area contributed by atoms with Crippen molar-refractivity contribution in [1.29, 1.82) is 0 Å². The van der Waals surface area contributed by atoms with Crippen LogP contribution in [0.25, 0.3) is 16.7 Å². The maximum atomic E-state index is 13.9. The highest BCUT2D eigenvalue weighted by Crippen LogP contribution is 2.49. The molecule has 1 aliphatic rings. The molecule has 0 fully saturated rings. The Hall–Kier alpha value is -1.13. The number of H-pyrrole nitrogens is 1. The van der Waals surface area contributed by atoms with Gasteiger partial charge in [-0.1, -0.05) is 45.4 Å². The van der Waals surface area contributed by atoms with E-state index in [1.807, 2.05) is 4.57 Å². The standard InChI is InChI=1S/C17H20ClFN2S/c1-9(2)10-5-6-15(17(10,3)4)21-14-8-12(19)11(18)7-13(14)20-16(21)22/h6-10H,5H2,1-4H3,(H,20,22). The highest BCUT2D eigenvalue weighted by atomic mass is 35.5. The lowest BCUT2D eigenvalue weighted by Gasteiger charge is -2.34. The van der Waals surface area contributed by atoms with Crippen LogP contribution in [-0.2, 0) is 0 Å². The fraction of sp³-hybridized carbons (Fsp3) is 0.471. The number of benzene rings is 1. The lowest BCUT2D eigenvalue weighted by Crippen LogP contribution is -2.27. The third kappa shape index (κ3) is 2.24. The highest BCUT2D eigenvalue weighted by Gasteiger charge is 2.40. The Bertz CT molecular complexity index is 829. The molecule has 1 atom stereocenters. The number of nitrogens with one attached hydrogen (secondary N) is 1. The minimum Gasteiger partial charge on any atom is -0.330 e.